The number of benzene rings is 4. The average Bonchev–Trinajstić information content (AvgIpc) is 2.86. The summed E-state index contributed by atoms with van der Waals surface area (Å²) in [5, 5.41) is 0. The second-order valence-corrected chi connectivity index (χ2v) is 7.61. The average molecular weight is 460 g/mol. The largest absolute Gasteiger partial charge is 0.494 e. The van der Waals surface area contributed by atoms with E-state index in [-0.39, 0.29) is 17.7 Å². The highest BCUT2D eigenvalue weighted by atomic mass is 19.2. The van der Waals surface area contributed by atoms with Crippen molar-refractivity contribution in [2.75, 3.05) is 6.61 Å². The van der Waals surface area contributed by atoms with Crippen LogP contribution < -0.4 is 9.47 Å². The van der Waals surface area contributed by atoms with Crippen molar-refractivity contribution in [3.63, 3.8) is 0 Å². The van der Waals surface area contributed by atoms with Crippen LogP contribution in [0, 0.1) is 17.5 Å². The van der Waals surface area contributed by atoms with E-state index >= 15 is 0 Å². The number of ether oxygens (including phenoxy) is 2. The zero-order valence-corrected chi connectivity index (χ0v) is 18.7. The highest BCUT2D eigenvalue weighted by Gasteiger charge is 2.15. The zero-order valence-electron chi connectivity index (χ0n) is 18.7. The van der Waals surface area contributed by atoms with Gasteiger partial charge >= 0.3 is 0 Å². The molecule has 0 radical (unpaired) electrons. The third-order valence-electron chi connectivity index (χ3n) is 5.43. The van der Waals surface area contributed by atoms with Crippen molar-refractivity contribution >= 4 is 6.08 Å². The van der Waals surface area contributed by atoms with E-state index in [9.17, 15) is 13.2 Å². The molecule has 0 aromatic heterocycles. The summed E-state index contributed by atoms with van der Waals surface area (Å²) in [4.78, 5) is 0. The Morgan fingerprint density at radius 2 is 1.32 bits per heavy atom. The molecule has 0 N–H and O–H groups in total. The second-order valence-electron chi connectivity index (χ2n) is 7.61. The fraction of sp³-hybridized carbons (Fsp3) is 0.103. The van der Waals surface area contributed by atoms with E-state index in [0.29, 0.717) is 34.8 Å². The lowest BCUT2D eigenvalue weighted by atomic mass is 10.0. The van der Waals surface area contributed by atoms with Crippen LogP contribution >= 0.6 is 0 Å². The number of hydrogen-bond acceptors (Lipinski definition) is 2. The summed E-state index contributed by atoms with van der Waals surface area (Å²) in [6.07, 6.45) is 1.68. The molecule has 34 heavy (non-hydrogen) atoms. The van der Waals surface area contributed by atoms with Gasteiger partial charge in [0.2, 0.25) is 0 Å². The molecule has 0 atom stereocenters. The molecule has 4 rings (SSSR count). The van der Waals surface area contributed by atoms with Gasteiger partial charge in [0.15, 0.2) is 11.6 Å². The summed E-state index contributed by atoms with van der Waals surface area (Å²) in [5.41, 5.74) is 2.85. The molecule has 0 aliphatic rings. The van der Waals surface area contributed by atoms with Crippen LogP contribution in [0.15, 0.2) is 85.4 Å². The number of hydrogen-bond donors (Lipinski definition) is 0. The summed E-state index contributed by atoms with van der Waals surface area (Å²) in [6, 6.07) is 21.5. The number of rotatable bonds is 8. The van der Waals surface area contributed by atoms with Crippen molar-refractivity contribution in [2.24, 2.45) is 0 Å². The molecular weight excluding hydrogens is 437 g/mol. The van der Waals surface area contributed by atoms with Gasteiger partial charge in [-0.2, -0.15) is 0 Å². The molecule has 0 heterocycles. The lowest BCUT2D eigenvalue weighted by molar-refractivity contribution is 0.297. The quantitative estimate of drug-likeness (QED) is 0.265. The molecule has 4 aromatic rings. The third-order valence-corrected chi connectivity index (χ3v) is 5.43. The van der Waals surface area contributed by atoms with Crippen LogP contribution in [0.3, 0.4) is 0 Å². The predicted molar refractivity (Wildman–Crippen MR) is 129 cm³/mol. The maximum atomic E-state index is 14.7. The van der Waals surface area contributed by atoms with Crippen molar-refractivity contribution < 1.29 is 22.6 Å². The lowest BCUT2D eigenvalue weighted by Crippen LogP contribution is -2.02. The minimum absolute atomic E-state index is 0.102. The van der Waals surface area contributed by atoms with E-state index in [2.05, 4.69) is 6.58 Å². The molecule has 0 saturated carbocycles. The number of halogens is 3. The molecule has 0 aliphatic heterocycles. The molecule has 5 heteroatoms. The molecule has 0 unspecified atom stereocenters. The van der Waals surface area contributed by atoms with Crippen molar-refractivity contribution in [2.45, 2.75) is 13.5 Å². The molecule has 0 saturated heterocycles. The molecule has 0 spiro atoms. The van der Waals surface area contributed by atoms with E-state index in [0.717, 1.165) is 5.56 Å². The Morgan fingerprint density at radius 3 is 1.97 bits per heavy atom. The van der Waals surface area contributed by atoms with E-state index < -0.39 is 17.5 Å². The topological polar surface area (TPSA) is 18.5 Å². The maximum Gasteiger partial charge on any atom is 0.167 e. The molecular formula is C29H23F3O2. The summed E-state index contributed by atoms with van der Waals surface area (Å²) in [6.45, 7) is 5.84. The maximum absolute atomic E-state index is 14.7. The van der Waals surface area contributed by atoms with Crippen LogP contribution in [-0.2, 0) is 6.61 Å². The van der Waals surface area contributed by atoms with Crippen LogP contribution in [0.25, 0.3) is 28.3 Å². The van der Waals surface area contributed by atoms with Gasteiger partial charge in [-0.3, -0.25) is 0 Å². The van der Waals surface area contributed by atoms with Gasteiger partial charge in [0.25, 0.3) is 0 Å². The first kappa shape index (κ1) is 23.2. The van der Waals surface area contributed by atoms with E-state index in [1.165, 1.54) is 18.2 Å². The van der Waals surface area contributed by atoms with Crippen LogP contribution in [0.1, 0.15) is 18.1 Å². The lowest BCUT2D eigenvalue weighted by Gasteiger charge is -2.11. The fourth-order valence-electron chi connectivity index (χ4n) is 3.60. The first-order chi connectivity index (χ1) is 16.5. The fourth-order valence-corrected chi connectivity index (χ4v) is 3.60. The van der Waals surface area contributed by atoms with E-state index in [4.69, 9.17) is 9.47 Å². The molecule has 0 fully saturated rings. The van der Waals surface area contributed by atoms with Crippen molar-refractivity contribution in [1.82, 2.24) is 0 Å². The van der Waals surface area contributed by atoms with Gasteiger partial charge in [0.05, 0.1) is 6.61 Å². The van der Waals surface area contributed by atoms with Gasteiger partial charge < -0.3 is 9.47 Å². The first-order valence-electron chi connectivity index (χ1n) is 10.9. The van der Waals surface area contributed by atoms with Crippen molar-refractivity contribution in [1.29, 1.82) is 0 Å². The molecule has 2 nitrogen and oxygen atoms in total. The minimum atomic E-state index is -0.946. The standard InChI is InChI=1S/C29H23F3O2/c1-3-19-5-7-21(8-6-19)26-15-11-22(28(31)29(26)32)18-34-23-12-9-20(10-13-23)25-16-14-24(33-4-2)17-27(25)30/h3,5-17H,1,4,18H2,2H3. The molecule has 0 bridgehead atoms. The highest BCUT2D eigenvalue weighted by Crippen LogP contribution is 2.30. The minimum Gasteiger partial charge on any atom is -0.494 e. The van der Waals surface area contributed by atoms with Gasteiger partial charge in [-0.25, -0.2) is 13.2 Å². The van der Waals surface area contributed by atoms with E-state index in [1.54, 1.807) is 66.7 Å². The van der Waals surface area contributed by atoms with Crippen molar-refractivity contribution in [3.05, 3.63) is 114 Å². The Labute approximate surface area is 196 Å². The Kier molecular flexibility index (Phi) is 7.02. The van der Waals surface area contributed by atoms with Crippen LogP contribution in [0.4, 0.5) is 13.2 Å². The molecule has 4 aromatic carbocycles. The smallest absolute Gasteiger partial charge is 0.167 e. The third kappa shape index (κ3) is 4.99. The Bertz CT molecular complexity index is 1300. The first-order valence-corrected chi connectivity index (χ1v) is 10.9. The normalized spacial score (nSPS) is 10.7. The summed E-state index contributed by atoms with van der Waals surface area (Å²) in [7, 11) is 0. The van der Waals surface area contributed by atoms with Gasteiger partial charge in [-0.05, 0) is 47.9 Å². The van der Waals surface area contributed by atoms with Crippen LogP contribution in [0.5, 0.6) is 11.5 Å². The Hall–Kier alpha value is -3.99. The summed E-state index contributed by atoms with van der Waals surface area (Å²) < 4.78 is 54.8. The van der Waals surface area contributed by atoms with Crippen LogP contribution in [-0.4, -0.2) is 6.61 Å². The summed E-state index contributed by atoms with van der Waals surface area (Å²) >= 11 is 0. The van der Waals surface area contributed by atoms with Gasteiger partial charge in [-0.15, -0.1) is 0 Å². The molecule has 172 valence electrons. The van der Waals surface area contributed by atoms with Gasteiger partial charge in [0.1, 0.15) is 23.9 Å². The van der Waals surface area contributed by atoms with Crippen LogP contribution in [0.2, 0.25) is 0 Å². The Balaban J connectivity index is 1.46. The molecule has 0 aliphatic carbocycles. The molecule has 0 amide bonds. The SMILES string of the molecule is C=Cc1ccc(-c2ccc(COc3ccc(-c4ccc(OCC)cc4F)cc3)c(F)c2F)cc1. The predicted octanol–water partition coefficient (Wildman–Crippen LogP) is 8.06. The van der Waals surface area contributed by atoms with Crippen molar-refractivity contribution in [3.8, 4) is 33.8 Å². The monoisotopic (exact) mass is 460 g/mol. The van der Waals surface area contributed by atoms with Gasteiger partial charge in [-0.1, -0.05) is 61.2 Å². The zero-order chi connectivity index (χ0) is 24.1. The highest BCUT2D eigenvalue weighted by molar-refractivity contribution is 5.67. The van der Waals surface area contributed by atoms with E-state index in [1.807, 2.05) is 6.92 Å². The second kappa shape index (κ2) is 10.3. The summed E-state index contributed by atoms with van der Waals surface area (Å²) in [5.74, 6) is -1.33. The Morgan fingerprint density at radius 1 is 0.706 bits per heavy atom. The van der Waals surface area contributed by atoms with Gasteiger partial charge in [0, 0.05) is 22.8 Å².